The van der Waals surface area contributed by atoms with Crippen LogP contribution in [0.25, 0.3) is 0 Å². The Morgan fingerprint density at radius 1 is 0.958 bits per heavy atom. The molecule has 0 spiro atoms. The summed E-state index contributed by atoms with van der Waals surface area (Å²) in [4.78, 5) is 16.2. The van der Waals surface area contributed by atoms with E-state index in [4.69, 9.17) is 11.6 Å². The number of nitrogens with zero attached hydrogens (tertiary/aromatic N) is 1. The molecule has 120 valence electrons. The number of amides is 1. The Bertz CT molecular complexity index is 851. The zero-order chi connectivity index (χ0) is 16.9. The number of aromatic nitrogens is 1. The maximum absolute atomic E-state index is 12.9. The number of halogens is 2. The van der Waals surface area contributed by atoms with Crippen molar-refractivity contribution in [2.45, 2.75) is 0 Å². The lowest BCUT2D eigenvalue weighted by Crippen LogP contribution is -2.13. The van der Waals surface area contributed by atoms with Crippen LogP contribution in [0.1, 0.15) is 10.5 Å². The monoisotopic (exact) mass is 341 g/mol. The summed E-state index contributed by atoms with van der Waals surface area (Å²) in [7, 11) is 0. The van der Waals surface area contributed by atoms with Crippen LogP contribution >= 0.6 is 11.6 Å². The Morgan fingerprint density at radius 3 is 2.38 bits per heavy atom. The summed E-state index contributed by atoms with van der Waals surface area (Å²) in [5, 5.41) is 6.43. The molecular weight excluding hydrogens is 329 g/mol. The summed E-state index contributed by atoms with van der Waals surface area (Å²) < 4.78 is 12.9. The van der Waals surface area contributed by atoms with E-state index < -0.39 is 0 Å². The van der Waals surface area contributed by atoms with E-state index >= 15 is 0 Å². The quantitative estimate of drug-likeness (QED) is 0.711. The number of hydrogen-bond donors (Lipinski definition) is 2. The molecule has 4 nitrogen and oxygen atoms in total. The first-order chi connectivity index (χ1) is 11.6. The van der Waals surface area contributed by atoms with Crippen molar-refractivity contribution in [3.05, 3.63) is 83.4 Å². The Labute approximate surface area is 143 Å². The second-order valence-corrected chi connectivity index (χ2v) is 5.46. The minimum Gasteiger partial charge on any atom is -0.354 e. The highest BCUT2D eigenvalue weighted by molar-refractivity contribution is 6.30. The van der Waals surface area contributed by atoms with Crippen molar-refractivity contribution in [2.75, 3.05) is 10.6 Å². The van der Waals surface area contributed by atoms with Gasteiger partial charge in [-0.25, -0.2) is 9.37 Å². The van der Waals surface area contributed by atoms with Gasteiger partial charge in [0.15, 0.2) is 0 Å². The van der Waals surface area contributed by atoms with Crippen LogP contribution in [0.4, 0.5) is 21.5 Å². The number of benzene rings is 2. The standard InChI is InChI=1S/C18H13ClFN3O/c19-12-2-1-3-15(10-12)22-16-8-9-17(21-11-16)18(24)23-14-6-4-13(20)5-7-14/h1-11,22H,(H,23,24). The molecular formula is C18H13ClFN3O. The summed E-state index contributed by atoms with van der Waals surface area (Å²) in [5.41, 5.74) is 2.32. The van der Waals surface area contributed by atoms with E-state index in [1.165, 1.54) is 24.3 Å². The second-order valence-electron chi connectivity index (χ2n) is 5.03. The first-order valence-electron chi connectivity index (χ1n) is 7.16. The predicted octanol–water partition coefficient (Wildman–Crippen LogP) is 4.87. The van der Waals surface area contributed by atoms with Gasteiger partial charge in [0.2, 0.25) is 0 Å². The molecule has 0 fully saturated rings. The number of nitrogens with one attached hydrogen (secondary N) is 2. The fraction of sp³-hybridized carbons (Fsp3) is 0. The maximum atomic E-state index is 12.9. The minimum atomic E-state index is -0.365. The average Bonchev–Trinajstić information content (AvgIpc) is 2.57. The van der Waals surface area contributed by atoms with Crippen molar-refractivity contribution in [3.63, 3.8) is 0 Å². The zero-order valence-corrected chi connectivity index (χ0v) is 13.2. The lowest BCUT2D eigenvalue weighted by Gasteiger charge is -2.08. The van der Waals surface area contributed by atoms with Crippen molar-refractivity contribution in [1.82, 2.24) is 4.98 Å². The van der Waals surface area contributed by atoms with Gasteiger partial charge < -0.3 is 10.6 Å². The van der Waals surface area contributed by atoms with Crippen molar-refractivity contribution >= 4 is 34.6 Å². The maximum Gasteiger partial charge on any atom is 0.274 e. The van der Waals surface area contributed by atoms with Crippen LogP contribution in [-0.4, -0.2) is 10.9 Å². The zero-order valence-electron chi connectivity index (χ0n) is 12.5. The molecule has 1 amide bonds. The number of hydrogen-bond acceptors (Lipinski definition) is 3. The Balaban J connectivity index is 1.67. The fourth-order valence-corrected chi connectivity index (χ4v) is 2.25. The third kappa shape index (κ3) is 4.08. The molecule has 1 heterocycles. The molecule has 1 aromatic heterocycles. The van der Waals surface area contributed by atoms with Crippen LogP contribution in [0.2, 0.25) is 5.02 Å². The van der Waals surface area contributed by atoms with Crippen molar-refractivity contribution < 1.29 is 9.18 Å². The Morgan fingerprint density at radius 2 is 1.71 bits per heavy atom. The number of anilines is 3. The van der Waals surface area contributed by atoms with Crippen molar-refractivity contribution in [2.24, 2.45) is 0 Å². The van der Waals surface area contributed by atoms with Gasteiger partial charge in [0.25, 0.3) is 5.91 Å². The fourth-order valence-electron chi connectivity index (χ4n) is 2.06. The van der Waals surface area contributed by atoms with E-state index in [0.29, 0.717) is 10.7 Å². The molecule has 0 saturated heterocycles. The molecule has 24 heavy (non-hydrogen) atoms. The molecule has 0 radical (unpaired) electrons. The largest absolute Gasteiger partial charge is 0.354 e. The van der Waals surface area contributed by atoms with Crippen molar-refractivity contribution in [3.8, 4) is 0 Å². The van der Waals surface area contributed by atoms with E-state index in [1.54, 1.807) is 30.5 Å². The molecule has 0 bridgehead atoms. The smallest absolute Gasteiger partial charge is 0.274 e. The van der Waals surface area contributed by atoms with E-state index in [2.05, 4.69) is 15.6 Å². The van der Waals surface area contributed by atoms with E-state index in [1.807, 2.05) is 12.1 Å². The lowest BCUT2D eigenvalue weighted by molar-refractivity contribution is 0.102. The van der Waals surface area contributed by atoms with Crippen LogP contribution < -0.4 is 10.6 Å². The van der Waals surface area contributed by atoms with E-state index in [-0.39, 0.29) is 17.4 Å². The summed E-state index contributed by atoms with van der Waals surface area (Å²) in [5.74, 6) is -0.724. The number of rotatable bonds is 4. The van der Waals surface area contributed by atoms with Crippen LogP contribution in [0, 0.1) is 5.82 Å². The Hall–Kier alpha value is -2.92. The van der Waals surface area contributed by atoms with Gasteiger partial charge in [0.1, 0.15) is 11.5 Å². The van der Waals surface area contributed by atoms with Gasteiger partial charge in [-0.05, 0) is 54.6 Å². The van der Waals surface area contributed by atoms with Gasteiger partial charge in [-0.1, -0.05) is 17.7 Å². The second kappa shape index (κ2) is 7.10. The van der Waals surface area contributed by atoms with Gasteiger partial charge in [-0.15, -0.1) is 0 Å². The molecule has 0 saturated carbocycles. The number of carbonyl (C=O) groups is 1. The van der Waals surface area contributed by atoms with Crippen LogP contribution in [-0.2, 0) is 0 Å². The molecule has 0 unspecified atom stereocenters. The molecule has 3 aromatic rings. The van der Waals surface area contributed by atoms with Gasteiger partial charge in [-0.3, -0.25) is 4.79 Å². The van der Waals surface area contributed by atoms with E-state index in [0.717, 1.165) is 11.4 Å². The molecule has 0 aliphatic carbocycles. The number of carbonyl (C=O) groups excluding carboxylic acids is 1. The lowest BCUT2D eigenvalue weighted by atomic mass is 10.2. The van der Waals surface area contributed by atoms with Crippen LogP contribution in [0.3, 0.4) is 0 Å². The molecule has 0 atom stereocenters. The molecule has 2 aromatic carbocycles. The average molecular weight is 342 g/mol. The summed E-state index contributed by atoms with van der Waals surface area (Å²) >= 11 is 5.93. The highest BCUT2D eigenvalue weighted by Crippen LogP contribution is 2.20. The topological polar surface area (TPSA) is 54.0 Å². The van der Waals surface area contributed by atoms with Gasteiger partial charge in [0, 0.05) is 16.4 Å². The van der Waals surface area contributed by atoms with E-state index in [9.17, 15) is 9.18 Å². The predicted molar refractivity (Wildman–Crippen MR) is 93.3 cm³/mol. The SMILES string of the molecule is O=C(Nc1ccc(F)cc1)c1ccc(Nc2cccc(Cl)c2)cn1. The van der Waals surface area contributed by atoms with Gasteiger partial charge >= 0.3 is 0 Å². The van der Waals surface area contributed by atoms with Crippen LogP contribution in [0.15, 0.2) is 66.9 Å². The summed E-state index contributed by atoms with van der Waals surface area (Å²) in [6.07, 6.45) is 1.56. The van der Waals surface area contributed by atoms with Gasteiger partial charge in [-0.2, -0.15) is 0 Å². The first-order valence-corrected chi connectivity index (χ1v) is 7.53. The Kier molecular flexibility index (Phi) is 4.72. The minimum absolute atomic E-state index is 0.260. The number of pyridine rings is 1. The van der Waals surface area contributed by atoms with Crippen LogP contribution in [0.5, 0.6) is 0 Å². The third-order valence-corrected chi connectivity index (χ3v) is 3.45. The molecule has 3 rings (SSSR count). The molecule has 0 aliphatic rings. The molecule has 0 aliphatic heterocycles. The van der Waals surface area contributed by atoms with Gasteiger partial charge in [0.05, 0.1) is 11.9 Å². The highest BCUT2D eigenvalue weighted by Gasteiger charge is 2.08. The normalized spacial score (nSPS) is 10.2. The van der Waals surface area contributed by atoms with Crippen molar-refractivity contribution in [1.29, 1.82) is 0 Å². The molecule has 2 N–H and O–H groups in total. The first kappa shape index (κ1) is 16.0. The third-order valence-electron chi connectivity index (χ3n) is 3.21. The highest BCUT2D eigenvalue weighted by atomic mass is 35.5. The summed E-state index contributed by atoms with van der Waals surface area (Å²) in [6, 6.07) is 16.2. The summed E-state index contributed by atoms with van der Waals surface area (Å²) in [6.45, 7) is 0. The molecule has 6 heteroatoms.